The fourth-order valence-electron chi connectivity index (χ4n) is 3.70. The molecule has 37 heavy (non-hydrogen) atoms. The van der Waals surface area contributed by atoms with Crippen molar-refractivity contribution in [1.82, 2.24) is 0 Å². The highest BCUT2D eigenvalue weighted by molar-refractivity contribution is 7.92. The number of sulfonamides is 1. The van der Waals surface area contributed by atoms with Crippen LogP contribution in [0.1, 0.15) is 21.5 Å². The fraction of sp³-hybridized carbons (Fsp3) is 0.0741. The van der Waals surface area contributed by atoms with E-state index in [0.29, 0.717) is 11.6 Å². The molecule has 0 atom stereocenters. The minimum atomic E-state index is -4.77. The maximum Gasteiger partial charge on any atom is 0.418 e. The van der Waals surface area contributed by atoms with Crippen molar-refractivity contribution in [1.29, 1.82) is 0 Å². The van der Waals surface area contributed by atoms with Gasteiger partial charge in [-0.1, -0.05) is 72.3 Å². The molecule has 5 nitrogen and oxygen atoms in total. The lowest BCUT2D eigenvalue weighted by atomic mass is 10.1. The number of para-hydroxylation sites is 1. The van der Waals surface area contributed by atoms with Crippen LogP contribution in [0.3, 0.4) is 0 Å². The zero-order chi connectivity index (χ0) is 26.6. The van der Waals surface area contributed by atoms with Gasteiger partial charge in [0.05, 0.1) is 33.9 Å². The quantitative estimate of drug-likeness (QED) is 0.272. The van der Waals surface area contributed by atoms with E-state index in [-0.39, 0.29) is 27.7 Å². The van der Waals surface area contributed by atoms with Crippen molar-refractivity contribution in [2.45, 2.75) is 17.6 Å². The Morgan fingerprint density at radius 3 is 2.08 bits per heavy atom. The number of benzene rings is 4. The molecule has 0 saturated carbocycles. The zero-order valence-corrected chi connectivity index (χ0v) is 20.7. The van der Waals surface area contributed by atoms with Crippen molar-refractivity contribution in [2.24, 2.45) is 0 Å². The first-order valence-electron chi connectivity index (χ1n) is 11.0. The maximum atomic E-state index is 13.7. The molecule has 0 fully saturated rings. The molecule has 0 unspecified atom stereocenters. The monoisotopic (exact) mass is 544 g/mol. The van der Waals surface area contributed by atoms with E-state index in [9.17, 15) is 26.4 Å². The molecule has 4 rings (SSSR count). The Labute approximate surface area is 217 Å². The molecule has 0 aliphatic carbocycles. The summed E-state index contributed by atoms with van der Waals surface area (Å²) in [5, 5.41) is 2.13. The summed E-state index contributed by atoms with van der Waals surface area (Å²) in [6, 6.07) is 25.3. The molecule has 1 amide bonds. The molecule has 0 heterocycles. The number of carbonyl (C=O) groups excluding carboxylic acids is 1. The number of anilines is 2. The largest absolute Gasteiger partial charge is 0.418 e. The highest BCUT2D eigenvalue weighted by Gasteiger charge is 2.35. The van der Waals surface area contributed by atoms with Crippen LogP contribution in [0.25, 0.3) is 0 Å². The second kappa shape index (κ2) is 10.7. The van der Waals surface area contributed by atoms with Gasteiger partial charge in [-0.3, -0.25) is 9.10 Å². The number of rotatable bonds is 7. The number of alkyl halides is 3. The second-order valence-electron chi connectivity index (χ2n) is 7.97. The van der Waals surface area contributed by atoms with Gasteiger partial charge in [-0.05, 0) is 48.0 Å². The number of nitrogens with zero attached hydrogens (tertiary/aromatic N) is 1. The Bertz CT molecular complexity index is 1510. The number of nitrogens with one attached hydrogen (secondary N) is 1. The average Bonchev–Trinajstić information content (AvgIpc) is 2.89. The minimum absolute atomic E-state index is 0.00167. The van der Waals surface area contributed by atoms with Crippen LogP contribution in [0.5, 0.6) is 0 Å². The van der Waals surface area contributed by atoms with Crippen molar-refractivity contribution in [3.05, 3.63) is 125 Å². The van der Waals surface area contributed by atoms with E-state index in [4.69, 9.17) is 11.6 Å². The molecular formula is C27H20ClF3N2O3S. The van der Waals surface area contributed by atoms with Crippen LogP contribution >= 0.6 is 11.6 Å². The molecule has 0 saturated heterocycles. The third-order valence-corrected chi connectivity index (χ3v) is 7.46. The van der Waals surface area contributed by atoms with Crippen LogP contribution in [0.2, 0.25) is 5.02 Å². The Morgan fingerprint density at radius 2 is 1.43 bits per heavy atom. The number of halogens is 4. The van der Waals surface area contributed by atoms with Crippen molar-refractivity contribution in [2.75, 3.05) is 9.62 Å². The van der Waals surface area contributed by atoms with E-state index < -0.39 is 33.4 Å². The van der Waals surface area contributed by atoms with Crippen molar-refractivity contribution in [3.63, 3.8) is 0 Å². The molecule has 0 aliphatic rings. The number of amides is 1. The highest BCUT2D eigenvalue weighted by Crippen LogP contribution is 2.37. The van der Waals surface area contributed by atoms with E-state index in [1.165, 1.54) is 36.4 Å². The lowest BCUT2D eigenvalue weighted by Crippen LogP contribution is -2.32. The fourth-order valence-corrected chi connectivity index (χ4v) is 5.37. The molecule has 10 heteroatoms. The normalized spacial score (nSPS) is 11.7. The van der Waals surface area contributed by atoms with Crippen LogP contribution in [0.4, 0.5) is 24.5 Å². The van der Waals surface area contributed by atoms with Crippen LogP contribution in [0.15, 0.2) is 108 Å². The molecule has 0 aromatic heterocycles. The van der Waals surface area contributed by atoms with Gasteiger partial charge in [0, 0.05) is 5.02 Å². The number of hydrogen-bond donors (Lipinski definition) is 1. The summed E-state index contributed by atoms with van der Waals surface area (Å²) in [5.74, 6) is -0.912. The standard InChI is InChI=1S/C27H20ClF3N2O3S/c28-20-15-16-24(23(17-20)27(29,30)31)32-26(34)22-13-7-8-14-25(22)33(18-19-9-3-1-4-10-19)37(35,36)21-11-5-2-6-12-21/h1-17H,18H2,(H,32,34). The van der Waals surface area contributed by atoms with Gasteiger partial charge in [0.15, 0.2) is 0 Å². The molecule has 4 aromatic carbocycles. The topological polar surface area (TPSA) is 66.5 Å². The Kier molecular flexibility index (Phi) is 7.56. The van der Waals surface area contributed by atoms with Gasteiger partial charge in [0.2, 0.25) is 0 Å². The third-order valence-electron chi connectivity index (χ3n) is 5.45. The Hall–Kier alpha value is -3.82. The first kappa shape index (κ1) is 26.2. The van der Waals surface area contributed by atoms with Gasteiger partial charge in [-0.15, -0.1) is 0 Å². The lowest BCUT2D eigenvalue weighted by Gasteiger charge is -2.27. The number of carbonyl (C=O) groups is 1. The van der Waals surface area contributed by atoms with E-state index >= 15 is 0 Å². The van der Waals surface area contributed by atoms with Gasteiger partial charge in [0.1, 0.15) is 0 Å². The molecule has 190 valence electrons. The summed E-state index contributed by atoms with van der Waals surface area (Å²) >= 11 is 5.74. The SMILES string of the molecule is O=C(Nc1ccc(Cl)cc1C(F)(F)F)c1ccccc1N(Cc1ccccc1)S(=O)(=O)c1ccccc1. The molecular weight excluding hydrogens is 525 g/mol. The lowest BCUT2D eigenvalue weighted by molar-refractivity contribution is -0.136. The third kappa shape index (κ3) is 5.95. The summed E-state index contributed by atoms with van der Waals surface area (Å²) < 4.78 is 69.2. The Morgan fingerprint density at radius 1 is 0.838 bits per heavy atom. The maximum absolute atomic E-state index is 13.7. The van der Waals surface area contributed by atoms with E-state index in [0.717, 1.165) is 10.4 Å². The van der Waals surface area contributed by atoms with E-state index in [1.54, 1.807) is 54.6 Å². The summed E-state index contributed by atoms with van der Waals surface area (Å²) in [6.07, 6.45) is -4.77. The molecule has 4 aromatic rings. The predicted molar refractivity (Wildman–Crippen MR) is 137 cm³/mol. The smallest absolute Gasteiger partial charge is 0.321 e. The summed E-state index contributed by atoms with van der Waals surface area (Å²) in [7, 11) is -4.16. The average molecular weight is 545 g/mol. The van der Waals surface area contributed by atoms with Crippen molar-refractivity contribution >= 4 is 38.9 Å². The minimum Gasteiger partial charge on any atom is -0.321 e. The van der Waals surface area contributed by atoms with Crippen LogP contribution in [-0.4, -0.2) is 14.3 Å². The van der Waals surface area contributed by atoms with Gasteiger partial charge in [-0.2, -0.15) is 13.2 Å². The van der Waals surface area contributed by atoms with E-state index in [1.807, 2.05) is 0 Å². The summed E-state index contributed by atoms with van der Waals surface area (Å²) in [5.41, 5.74) is -1.09. The zero-order valence-electron chi connectivity index (χ0n) is 19.1. The first-order valence-corrected chi connectivity index (χ1v) is 12.8. The molecule has 0 spiro atoms. The van der Waals surface area contributed by atoms with Crippen LogP contribution < -0.4 is 9.62 Å². The Balaban J connectivity index is 1.80. The van der Waals surface area contributed by atoms with Crippen molar-refractivity contribution in [3.8, 4) is 0 Å². The molecule has 0 aliphatic heterocycles. The first-order chi connectivity index (χ1) is 17.6. The number of hydrogen-bond acceptors (Lipinski definition) is 3. The molecule has 0 radical (unpaired) electrons. The molecule has 1 N–H and O–H groups in total. The van der Waals surface area contributed by atoms with Gasteiger partial charge in [-0.25, -0.2) is 8.42 Å². The van der Waals surface area contributed by atoms with Gasteiger partial charge in [0.25, 0.3) is 15.9 Å². The second-order valence-corrected chi connectivity index (χ2v) is 10.3. The predicted octanol–water partition coefficient (Wildman–Crippen LogP) is 7.01. The summed E-state index contributed by atoms with van der Waals surface area (Å²) in [6.45, 7) is -0.114. The van der Waals surface area contributed by atoms with Gasteiger partial charge >= 0.3 is 6.18 Å². The van der Waals surface area contributed by atoms with Crippen molar-refractivity contribution < 1.29 is 26.4 Å². The van der Waals surface area contributed by atoms with E-state index in [2.05, 4.69) is 5.32 Å². The van der Waals surface area contributed by atoms with Crippen LogP contribution in [0, 0.1) is 0 Å². The van der Waals surface area contributed by atoms with Gasteiger partial charge < -0.3 is 5.32 Å². The summed E-state index contributed by atoms with van der Waals surface area (Å²) in [4.78, 5) is 13.3. The van der Waals surface area contributed by atoms with Crippen LogP contribution in [-0.2, 0) is 22.7 Å². The molecule has 0 bridgehead atoms. The highest BCUT2D eigenvalue weighted by atomic mass is 35.5.